The lowest BCUT2D eigenvalue weighted by atomic mass is 9.89. The fraction of sp³-hybridized carbons (Fsp3) is 0.727. The lowest BCUT2D eigenvalue weighted by molar-refractivity contribution is 0.337. The topological polar surface area (TPSA) is 15.3 Å². The van der Waals surface area contributed by atoms with Crippen molar-refractivity contribution < 1.29 is 0 Å². The van der Waals surface area contributed by atoms with E-state index in [1.807, 2.05) is 0 Å². The van der Waals surface area contributed by atoms with Crippen molar-refractivity contribution in [2.24, 2.45) is 0 Å². The summed E-state index contributed by atoms with van der Waals surface area (Å²) in [6, 6.07) is 9.30. The van der Waals surface area contributed by atoms with E-state index in [1.54, 1.807) is 5.56 Å². The molecule has 0 aromatic heterocycles. The Kier molecular flexibility index (Phi) is 9.27. The maximum atomic E-state index is 3.59. The largest absolute Gasteiger partial charge is 0.385 e. The van der Waals surface area contributed by atoms with E-state index in [4.69, 9.17) is 0 Å². The number of nitrogens with zero attached hydrogens (tertiary/aromatic N) is 1. The van der Waals surface area contributed by atoms with Gasteiger partial charge in [0.25, 0.3) is 0 Å². The van der Waals surface area contributed by atoms with Crippen LogP contribution in [0.3, 0.4) is 0 Å². The third-order valence-corrected chi connectivity index (χ3v) is 5.37. The molecule has 1 heterocycles. The Morgan fingerprint density at radius 3 is 2.12 bits per heavy atom. The minimum absolute atomic E-state index is 0.758. The van der Waals surface area contributed by atoms with Crippen molar-refractivity contribution >= 4 is 5.69 Å². The third kappa shape index (κ3) is 6.84. The average molecular weight is 331 g/mol. The summed E-state index contributed by atoms with van der Waals surface area (Å²) >= 11 is 0. The molecule has 1 aliphatic rings. The van der Waals surface area contributed by atoms with Gasteiger partial charge in [-0.1, -0.05) is 51.7 Å². The molecule has 0 radical (unpaired) electrons. The fourth-order valence-corrected chi connectivity index (χ4v) is 3.79. The number of hydrogen-bond donors (Lipinski definition) is 1. The highest BCUT2D eigenvalue weighted by molar-refractivity contribution is 5.45. The normalized spacial score (nSPS) is 15.3. The minimum Gasteiger partial charge on any atom is -0.385 e. The van der Waals surface area contributed by atoms with Crippen molar-refractivity contribution in [1.82, 2.24) is 4.90 Å². The van der Waals surface area contributed by atoms with Crippen LogP contribution in [0.5, 0.6) is 0 Å². The Morgan fingerprint density at radius 2 is 1.54 bits per heavy atom. The Bertz CT molecular complexity index is 412. The second-order valence-electron chi connectivity index (χ2n) is 7.43. The van der Waals surface area contributed by atoms with Crippen LogP contribution in [0.4, 0.5) is 5.69 Å². The van der Waals surface area contributed by atoms with Crippen LogP contribution in [0.15, 0.2) is 24.3 Å². The van der Waals surface area contributed by atoms with Crippen molar-refractivity contribution in [1.29, 1.82) is 0 Å². The fourth-order valence-electron chi connectivity index (χ4n) is 3.79. The van der Waals surface area contributed by atoms with Crippen LogP contribution in [0.25, 0.3) is 0 Å². The van der Waals surface area contributed by atoms with Crippen LogP contribution in [-0.2, 0) is 0 Å². The average Bonchev–Trinajstić information content (AvgIpc) is 3.13. The Hall–Kier alpha value is -1.02. The van der Waals surface area contributed by atoms with Gasteiger partial charge in [0.05, 0.1) is 0 Å². The molecule has 1 fully saturated rings. The lowest BCUT2D eigenvalue weighted by Crippen LogP contribution is -2.22. The summed E-state index contributed by atoms with van der Waals surface area (Å²) in [6.07, 6.45) is 12.0. The first-order valence-electron chi connectivity index (χ1n) is 10.4. The van der Waals surface area contributed by atoms with Crippen LogP contribution >= 0.6 is 0 Å². The van der Waals surface area contributed by atoms with E-state index in [0.29, 0.717) is 0 Å². The van der Waals surface area contributed by atoms with Crippen molar-refractivity contribution in [2.75, 3.05) is 31.5 Å². The molecule has 0 saturated carbocycles. The standard InChI is InChI=1S/C22H38N2/c1-3-5-10-20(11-6-4-2)21-12-14-22(15-13-21)23-16-9-19-24-17-7-8-18-24/h12-15,20,23H,3-11,16-19H2,1-2H3. The predicted molar refractivity (Wildman–Crippen MR) is 107 cm³/mol. The molecule has 0 unspecified atom stereocenters. The molecule has 136 valence electrons. The van der Waals surface area contributed by atoms with Gasteiger partial charge in [0.2, 0.25) is 0 Å². The molecule has 0 bridgehead atoms. The second-order valence-corrected chi connectivity index (χ2v) is 7.43. The summed E-state index contributed by atoms with van der Waals surface area (Å²) in [4.78, 5) is 2.59. The monoisotopic (exact) mass is 330 g/mol. The molecule has 1 saturated heterocycles. The molecule has 2 heteroatoms. The highest BCUT2D eigenvalue weighted by Gasteiger charge is 2.11. The van der Waals surface area contributed by atoms with Gasteiger partial charge in [0, 0.05) is 12.2 Å². The van der Waals surface area contributed by atoms with Gasteiger partial charge in [0.15, 0.2) is 0 Å². The van der Waals surface area contributed by atoms with Gasteiger partial charge in [-0.3, -0.25) is 0 Å². The summed E-state index contributed by atoms with van der Waals surface area (Å²) in [5, 5.41) is 3.59. The van der Waals surface area contributed by atoms with Crippen LogP contribution < -0.4 is 5.32 Å². The van der Waals surface area contributed by atoms with E-state index in [2.05, 4.69) is 48.3 Å². The van der Waals surface area contributed by atoms with Gasteiger partial charge >= 0.3 is 0 Å². The van der Waals surface area contributed by atoms with E-state index in [0.717, 1.165) is 12.5 Å². The SMILES string of the molecule is CCCCC(CCCC)c1ccc(NCCCN2CCCC2)cc1. The number of nitrogens with one attached hydrogen (secondary N) is 1. The summed E-state index contributed by atoms with van der Waals surface area (Å²) < 4.78 is 0. The van der Waals surface area contributed by atoms with E-state index in [-0.39, 0.29) is 0 Å². The zero-order valence-electron chi connectivity index (χ0n) is 16.0. The number of unbranched alkanes of at least 4 members (excludes halogenated alkanes) is 2. The van der Waals surface area contributed by atoms with Crippen LogP contribution in [0.1, 0.15) is 83.1 Å². The number of hydrogen-bond acceptors (Lipinski definition) is 2. The van der Waals surface area contributed by atoms with Crippen LogP contribution in [-0.4, -0.2) is 31.1 Å². The first kappa shape index (κ1) is 19.3. The first-order chi connectivity index (χ1) is 11.8. The summed E-state index contributed by atoms with van der Waals surface area (Å²) in [5.74, 6) is 0.758. The van der Waals surface area contributed by atoms with Crippen LogP contribution in [0.2, 0.25) is 0 Å². The zero-order chi connectivity index (χ0) is 17.0. The molecule has 1 aromatic rings. The molecule has 2 rings (SSSR count). The van der Waals surface area contributed by atoms with E-state index >= 15 is 0 Å². The Balaban J connectivity index is 1.74. The molecular formula is C22H38N2. The molecule has 0 atom stereocenters. The summed E-state index contributed by atoms with van der Waals surface area (Å²) in [6.45, 7) is 9.56. The number of rotatable bonds is 12. The molecule has 1 aliphatic heterocycles. The highest BCUT2D eigenvalue weighted by Crippen LogP contribution is 2.28. The first-order valence-corrected chi connectivity index (χ1v) is 10.4. The molecular weight excluding hydrogens is 292 g/mol. The second kappa shape index (κ2) is 11.5. The van der Waals surface area contributed by atoms with E-state index in [9.17, 15) is 0 Å². The van der Waals surface area contributed by atoms with Crippen molar-refractivity contribution in [3.8, 4) is 0 Å². The van der Waals surface area contributed by atoms with E-state index in [1.165, 1.54) is 83.1 Å². The van der Waals surface area contributed by atoms with E-state index < -0.39 is 0 Å². The third-order valence-electron chi connectivity index (χ3n) is 5.37. The zero-order valence-corrected chi connectivity index (χ0v) is 16.0. The number of benzene rings is 1. The molecule has 1 aromatic carbocycles. The number of likely N-dealkylation sites (tertiary alicyclic amines) is 1. The molecule has 1 N–H and O–H groups in total. The van der Waals surface area contributed by atoms with Crippen molar-refractivity contribution in [3.05, 3.63) is 29.8 Å². The maximum Gasteiger partial charge on any atom is 0.0340 e. The number of anilines is 1. The van der Waals surface area contributed by atoms with Gasteiger partial charge in [0.1, 0.15) is 0 Å². The Labute approximate surface area is 150 Å². The van der Waals surface area contributed by atoms with Crippen molar-refractivity contribution in [3.63, 3.8) is 0 Å². The quantitative estimate of drug-likeness (QED) is 0.469. The van der Waals surface area contributed by atoms with Crippen molar-refractivity contribution in [2.45, 2.75) is 77.6 Å². The molecule has 0 spiro atoms. The van der Waals surface area contributed by atoms with Gasteiger partial charge in [-0.25, -0.2) is 0 Å². The minimum atomic E-state index is 0.758. The molecule has 0 amide bonds. The Morgan fingerprint density at radius 1 is 0.917 bits per heavy atom. The molecule has 24 heavy (non-hydrogen) atoms. The molecule has 0 aliphatic carbocycles. The van der Waals surface area contributed by atoms with Gasteiger partial charge in [-0.15, -0.1) is 0 Å². The predicted octanol–water partition coefficient (Wildman–Crippen LogP) is 6.05. The summed E-state index contributed by atoms with van der Waals surface area (Å²) in [7, 11) is 0. The maximum absolute atomic E-state index is 3.59. The molecule has 2 nitrogen and oxygen atoms in total. The smallest absolute Gasteiger partial charge is 0.0340 e. The van der Waals surface area contributed by atoms with Gasteiger partial charge < -0.3 is 10.2 Å². The lowest BCUT2D eigenvalue weighted by Gasteiger charge is -2.18. The van der Waals surface area contributed by atoms with Gasteiger partial charge in [-0.2, -0.15) is 0 Å². The van der Waals surface area contributed by atoms with Crippen LogP contribution in [0, 0.1) is 0 Å². The highest BCUT2D eigenvalue weighted by atomic mass is 15.1. The van der Waals surface area contributed by atoms with Gasteiger partial charge in [-0.05, 0) is 75.4 Å². The summed E-state index contributed by atoms with van der Waals surface area (Å²) in [5.41, 5.74) is 2.82.